The number of amides is 2. The van der Waals surface area contributed by atoms with E-state index in [9.17, 15) is 9.59 Å². The van der Waals surface area contributed by atoms with Crippen LogP contribution in [0.15, 0.2) is 18.2 Å². The molecule has 6 heteroatoms. The van der Waals surface area contributed by atoms with Gasteiger partial charge in [0.1, 0.15) is 11.5 Å². The molecule has 0 heterocycles. The van der Waals surface area contributed by atoms with Gasteiger partial charge < -0.3 is 19.7 Å². The van der Waals surface area contributed by atoms with Crippen molar-refractivity contribution in [2.24, 2.45) is 5.41 Å². The van der Waals surface area contributed by atoms with Crippen LogP contribution < -0.4 is 14.8 Å². The molecule has 0 radical (unpaired) electrons. The van der Waals surface area contributed by atoms with Crippen molar-refractivity contribution >= 4 is 11.8 Å². The number of nitrogens with zero attached hydrogens (tertiary/aromatic N) is 1. The Bertz CT molecular complexity index is 633. The first kappa shape index (κ1) is 19.1. The first-order valence-corrected chi connectivity index (χ1v) is 8.55. The summed E-state index contributed by atoms with van der Waals surface area (Å²) >= 11 is 0. The van der Waals surface area contributed by atoms with E-state index in [1.165, 1.54) is 0 Å². The van der Waals surface area contributed by atoms with Crippen LogP contribution in [-0.4, -0.2) is 43.5 Å². The molecule has 0 bridgehead atoms. The fourth-order valence-electron chi connectivity index (χ4n) is 2.52. The van der Waals surface area contributed by atoms with Gasteiger partial charge in [0, 0.05) is 23.6 Å². The van der Waals surface area contributed by atoms with Crippen LogP contribution in [0.2, 0.25) is 0 Å². The van der Waals surface area contributed by atoms with E-state index in [0.29, 0.717) is 6.54 Å². The Morgan fingerprint density at radius 2 is 1.88 bits per heavy atom. The number of rotatable bonds is 7. The largest absolute Gasteiger partial charge is 0.497 e. The topological polar surface area (TPSA) is 67.9 Å². The number of carbonyl (C=O) groups is 2. The van der Waals surface area contributed by atoms with Gasteiger partial charge in [0.2, 0.25) is 11.8 Å². The van der Waals surface area contributed by atoms with Crippen LogP contribution in [-0.2, 0) is 16.1 Å². The van der Waals surface area contributed by atoms with E-state index < -0.39 is 5.41 Å². The third-order valence-corrected chi connectivity index (χ3v) is 4.22. The van der Waals surface area contributed by atoms with Crippen molar-refractivity contribution in [3.05, 3.63) is 23.8 Å². The molecule has 0 aromatic heterocycles. The molecule has 0 spiro atoms. The second kappa shape index (κ2) is 7.76. The van der Waals surface area contributed by atoms with Crippen LogP contribution in [0.4, 0.5) is 0 Å². The van der Waals surface area contributed by atoms with Crippen molar-refractivity contribution in [2.45, 2.75) is 46.2 Å². The molecule has 2 rings (SSSR count). The van der Waals surface area contributed by atoms with Crippen LogP contribution in [0, 0.1) is 5.41 Å². The Balaban J connectivity index is 2.09. The molecule has 0 aliphatic heterocycles. The molecule has 138 valence electrons. The molecule has 1 N–H and O–H groups in total. The summed E-state index contributed by atoms with van der Waals surface area (Å²) in [7, 11) is 3.22. The molecule has 1 fully saturated rings. The lowest BCUT2D eigenvalue weighted by atomic mass is 9.96. The number of hydrogen-bond donors (Lipinski definition) is 1. The zero-order chi connectivity index (χ0) is 18.6. The Kier molecular flexibility index (Phi) is 5.93. The van der Waals surface area contributed by atoms with Gasteiger partial charge in [-0.15, -0.1) is 0 Å². The lowest BCUT2D eigenvalue weighted by Crippen LogP contribution is -2.44. The number of hydrogen-bond acceptors (Lipinski definition) is 4. The van der Waals surface area contributed by atoms with Gasteiger partial charge in [0.05, 0.1) is 20.8 Å². The highest BCUT2D eigenvalue weighted by Gasteiger charge is 2.33. The normalized spacial score (nSPS) is 14.0. The molecule has 2 amide bonds. The minimum absolute atomic E-state index is 0.0128. The highest BCUT2D eigenvalue weighted by atomic mass is 16.5. The minimum Gasteiger partial charge on any atom is -0.497 e. The summed E-state index contributed by atoms with van der Waals surface area (Å²) < 4.78 is 10.7. The minimum atomic E-state index is -0.513. The van der Waals surface area contributed by atoms with Gasteiger partial charge in [-0.2, -0.15) is 0 Å². The maximum atomic E-state index is 12.7. The Labute approximate surface area is 149 Å². The highest BCUT2D eigenvalue weighted by Crippen LogP contribution is 2.32. The van der Waals surface area contributed by atoms with Crippen molar-refractivity contribution in [2.75, 3.05) is 20.8 Å². The van der Waals surface area contributed by atoms with E-state index >= 15 is 0 Å². The van der Waals surface area contributed by atoms with Gasteiger partial charge in [-0.05, 0) is 31.0 Å². The van der Waals surface area contributed by atoms with Crippen molar-refractivity contribution in [1.82, 2.24) is 10.2 Å². The van der Waals surface area contributed by atoms with Crippen molar-refractivity contribution in [3.8, 4) is 11.5 Å². The number of ether oxygens (including phenoxy) is 2. The van der Waals surface area contributed by atoms with E-state index in [4.69, 9.17) is 9.47 Å². The summed E-state index contributed by atoms with van der Waals surface area (Å²) in [5.74, 6) is 1.23. The van der Waals surface area contributed by atoms with E-state index in [1.54, 1.807) is 14.2 Å². The number of carbonyl (C=O) groups excluding carboxylic acids is 2. The summed E-state index contributed by atoms with van der Waals surface area (Å²) in [5, 5.41) is 2.74. The molecule has 6 nitrogen and oxygen atoms in total. The summed E-state index contributed by atoms with van der Waals surface area (Å²) in [5.41, 5.74) is 0.380. The Morgan fingerprint density at radius 3 is 2.40 bits per heavy atom. The molecule has 1 saturated carbocycles. The van der Waals surface area contributed by atoms with Crippen LogP contribution >= 0.6 is 0 Å². The van der Waals surface area contributed by atoms with Gasteiger partial charge in [-0.1, -0.05) is 20.8 Å². The van der Waals surface area contributed by atoms with Crippen LogP contribution in [0.25, 0.3) is 0 Å². The molecule has 1 aliphatic carbocycles. The molecular formula is C19H28N2O4. The molecule has 0 atom stereocenters. The van der Waals surface area contributed by atoms with E-state index in [0.717, 1.165) is 29.9 Å². The van der Waals surface area contributed by atoms with E-state index in [1.807, 2.05) is 43.9 Å². The average molecular weight is 348 g/mol. The van der Waals surface area contributed by atoms with Gasteiger partial charge in [-0.25, -0.2) is 0 Å². The standard InChI is InChI=1S/C19H28N2O4/c1-19(2,3)18(23)20-11-17(22)21(14-6-7-14)12-13-10-15(24-4)8-9-16(13)25-5/h8-10,14H,6-7,11-12H2,1-5H3,(H,20,23). The van der Waals surface area contributed by atoms with Crippen LogP contribution in [0.1, 0.15) is 39.2 Å². The van der Waals surface area contributed by atoms with Gasteiger partial charge >= 0.3 is 0 Å². The lowest BCUT2D eigenvalue weighted by Gasteiger charge is -2.25. The zero-order valence-electron chi connectivity index (χ0n) is 15.7. The number of methoxy groups -OCH3 is 2. The third-order valence-electron chi connectivity index (χ3n) is 4.22. The fraction of sp³-hybridized carbons (Fsp3) is 0.579. The van der Waals surface area contributed by atoms with E-state index in [-0.39, 0.29) is 24.4 Å². The summed E-state index contributed by atoms with van der Waals surface area (Å²) in [6, 6.07) is 5.78. The summed E-state index contributed by atoms with van der Waals surface area (Å²) in [6.07, 6.45) is 1.98. The second-order valence-electron chi connectivity index (χ2n) is 7.36. The number of nitrogens with one attached hydrogen (secondary N) is 1. The van der Waals surface area contributed by atoms with Crippen molar-refractivity contribution in [1.29, 1.82) is 0 Å². The first-order valence-electron chi connectivity index (χ1n) is 8.55. The summed E-state index contributed by atoms with van der Waals surface area (Å²) in [6.45, 7) is 5.93. The smallest absolute Gasteiger partial charge is 0.242 e. The van der Waals surface area contributed by atoms with Crippen molar-refractivity contribution in [3.63, 3.8) is 0 Å². The molecular weight excluding hydrogens is 320 g/mol. The Hall–Kier alpha value is -2.24. The molecule has 1 aromatic rings. The number of benzene rings is 1. The Morgan fingerprint density at radius 1 is 1.20 bits per heavy atom. The van der Waals surface area contributed by atoms with Gasteiger partial charge in [-0.3, -0.25) is 9.59 Å². The lowest BCUT2D eigenvalue weighted by molar-refractivity contribution is -0.136. The molecule has 25 heavy (non-hydrogen) atoms. The fourth-order valence-corrected chi connectivity index (χ4v) is 2.52. The second-order valence-corrected chi connectivity index (χ2v) is 7.36. The average Bonchev–Trinajstić information content (AvgIpc) is 3.40. The molecule has 1 aromatic carbocycles. The maximum Gasteiger partial charge on any atom is 0.242 e. The van der Waals surface area contributed by atoms with Crippen LogP contribution in [0.3, 0.4) is 0 Å². The highest BCUT2D eigenvalue weighted by molar-refractivity contribution is 5.87. The molecule has 0 unspecified atom stereocenters. The first-order chi connectivity index (χ1) is 11.8. The molecule has 1 aliphatic rings. The SMILES string of the molecule is COc1ccc(OC)c(CN(C(=O)CNC(=O)C(C)(C)C)C2CC2)c1. The molecule has 0 saturated heterocycles. The zero-order valence-corrected chi connectivity index (χ0v) is 15.7. The summed E-state index contributed by atoms with van der Waals surface area (Å²) in [4.78, 5) is 26.5. The van der Waals surface area contributed by atoms with Crippen LogP contribution in [0.5, 0.6) is 11.5 Å². The van der Waals surface area contributed by atoms with Gasteiger partial charge in [0.25, 0.3) is 0 Å². The van der Waals surface area contributed by atoms with E-state index in [2.05, 4.69) is 5.32 Å². The third kappa shape index (κ3) is 5.11. The van der Waals surface area contributed by atoms with Gasteiger partial charge in [0.15, 0.2) is 0 Å². The van der Waals surface area contributed by atoms with Crippen molar-refractivity contribution < 1.29 is 19.1 Å². The quantitative estimate of drug-likeness (QED) is 0.821. The maximum absolute atomic E-state index is 12.7. The predicted molar refractivity (Wildman–Crippen MR) is 95.6 cm³/mol. The predicted octanol–water partition coefficient (Wildman–Crippen LogP) is 2.36. The monoisotopic (exact) mass is 348 g/mol.